The molecule has 3 aromatic rings. The van der Waals surface area contributed by atoms with Gasteiger partial charge in [0.25, 0.3) is 10.0 Å². The molecular formula is C28H31Cl2N3O5S. The van der Waals surface area contributed by atoms with Crippen LogP contribution in [0, 0.1) is 0 Å². The van der Waals surface area contributed by atoms with Crippen LogP contribution >= 0.6 is 23.2 Å². The molecule has 0 spiro atoms. The molecule has 3 rings (SSSR count). The summed E-state index contributed by atoms with van der Waals surface area (Å²) in [5.74, 6) is -0.419. The lowest BCUT2D eigenvalue weighted by Gasteiger charge is -2.33. The average Bonchev–Trinajstić information content (AvgIpc) is 2.93. The summed E-state index contributed by atoms with van der Waals surface area (Å²) >= 11 is 12.5. The van der Waals surface area contributed by atoms with E-state index >= 15 is 0 Å². The van der Waals surface area contributed by atoms with E-state index in [4.69, 9.17) is 27.9 Å². The van der Waals surface area contributed by atoms with Gasteiger partial charge in [-0.1, -0.05) is 54.4 Å². The molecule has 0 unspecified atom stereocenters. The molecular weight excluding hydrogens is 561 g/mol. The number of carbonyl (C=O) groups excluding carboxylic acids is 2. The zero-order valence-electron chi connectivity index (χ0n) is 21.9. The van der Waals surface area contributed by atoms with E-state index in [9.17, 15) is 18.0 Å². The molecule has 3 aromatic carbocycles. The van der Waals surface area contributed by atoms with Gasteiger partial charge in [0, 0.05) is 23.1 Å². The molecule has 0 aromatic heterocycles. The van der Waals surface area contributed by atoms with Gasteiger partial charge in [0.2, 0.25) is 11.8 Å². The lowest BCUT2D eigenvalue weighted by molar-refractivity contribution is -0.140. The Bertz CT molecular complexity index is 1390. The topological polar surface area (TPSA) is 96.0 Å². The Morgan fingerprint density at radius 3 is 2.21 bits per heavy atom. The molecule has 0 saturated carbocycles. The fourth-order valence-electron chi connectivity index (χ4n) is 4.04. The third-order valence-electron chi connectivity index (χ3n) is 6.06. The van der Waals surface area contributed by atoms with Crippen LogP contribution in [0.3, 0.4) is 0 Å². The highest BCUT2D eigenvalue weighted by Gasteiger charge is 2.33. The van der Waals surface area contributed by atoms with E-state index in [0.29, 0.717) is 40.0 Å². The van der Waals surface area contributed by atoms with Crippen molar-refractivity contribution in [2.75, 3.05) is 24.5 Å². The van der Waals surface area contributed by atoms with Crippen molar-refractivity contribution in [3.8, 4) is 5.75 Å². The largest absolute Gasteiger partial charge is 0.497 e. The third kappa shape index (κ3) is 7.44. The number of hydrogen-bond donors (Lipinski definition) is 1. The lowest BCUT2D eigenvalue weighted by atomic mass is 10.1. The van der Waals surface area contributed by atoms with Crippen molar-refractivity contribution in [1.29, 1.82) is 0 Å². The lowest BCUT2D eigenvalue weighted by Crippen LogP contribution is -2.52. The van der Waals surface area contributed by atoms with Gasteiger partial charge < -0.3 is 15.0 Å². The number of benzene rings is 3. The second-order valence-electron chi connectivity index (χ2n) is 8.60. The van der Waals surface area contributed by atoms with Gasteiger partial charge in [0.05, 0.1) is 17.7 Å². The van der Waals surface area contributed by atoms with Crippen molar-refractivity contribution in [3.63, 3.8) is 0 Å². The zero-order valence-corrected chi connectivity index (χ0v) is 24.3. The van der Waals surface area contributed by atoms with Crippen LogP contribution in [0.25, 0.3) is 0 Å². The summed E-state index contributed by atoms with van der Waals surface area (Å²) in [5.41, 5.74) is 0.874. The Labute approximate surface area is 239 Å². The number of hydrogen-bond acceptors (Lipinski definition) is 5. The zero-order chi connectivity index (χ0) is 28.6. The quantitative estimate of drug-likeness (QED) is 0.314. The molecule has 11 heteroatoms. The molecule has 0 aliphatic carbocycles. The summed E-state index contributed by atoms with van der Waals surface area (Å²) in [4.78, 5) is 28.3. The normalized spacial score (nSPS) is 11.9. The van der Waals surface area contributed by atoms with Gasteiger partial charge in [-0.05, 0) is 67.4 Å². The van der Waals surface area contributed by atoms with Gasteiger partial charge in [0.15, 0.2) is 0 Å². The number of amides is 2. The Morgan fingerprint density at radius 2 is 1.64 bits per heavy atom. The molecule has 0 radical (unpaired) electrons. The smallest absolute Gasteiger partial charge is 0.264 e. The number of ether oxygens (including phenoxy) is 1. The number of likely N-dealkylation sites (N-methyl/N-ethyl adjacent to an activating group) is 1. The molecule has 39 heavy (non-hydrogen) atoms. The van der Waals surface area contributed by atoms with E-state index in [-0.39, 0.29) is 17.3 Å². The number of nitrogens with one attached hydrogen (secondary N) is 1. The van der Waals surface area contributed by atoms with Gasteiger partial charge in [-0.25, -0.2) is 8.42 Å². The minimum atomic E-state index is -4.17. The van der Waals surface area contributed by atoms with E-state index in [1.807, 2.05) is 0 Å². The molecule has 0 heterocycles. The fourth-order valence-corrected chi connectivity index (χ4v) is 5.93. The first kappa shape index (κ1) is 30.3. The van der Waals surface area contributed by atoms with Crippen molar-refractivity contribution in [2.24, 2.45) is 0 Å². The van der Waals surface area contributed by atoms with E-state index in [2.05, 4.69) is 5.32 Å². The van der Waals surface area contributed by atoms with Crippen LogP contribution in [0.1, 0.15) is 25.8 Å². The van der Waals surface area contributed by atoms with E-state index in [1.54, 1.807) is 62.4 Å². The van der Waals surface area contributed by atoms with Crippen LogP contribution in [-0.2, 0) is 26.2 Å². The number of nitrogens with zero attached hydrogens (tertiary/aromatic N) is 2. The van der Waals surface area contributed by atoms with Crippen molar-refractivity contribution in [1.82, 2.24) is 10.2 Å². The maximum absolute atomic E-state index is 13.9. The summed E-state index contributed by atoms with van der Waals surface area (Å²) in [6, 6.07) is 18.3. The number of sulfonamides is 1. The number of carbonyl (C=O) groups is 2. The Hall–Kier alpha value is -3.27. The predicted octanol–water partition coefficient (Wildman–Crippen LogP) is 5.14. The predicted molar refractivity (Wildman–Crippen MR) is 154 cm³/mol. The second kappa shape index (κ2) is 13.7. The number of rotatable bonds is 12. The molecule has 208 valence electrons. The van der Waals surface area contributed by atoms with Gasteiger partial charge in [-0.2, -0.15) is 0 Å². The molecule has 2 amide bonds. The van der Waals surface area contributed by atoms with Gasteiger partial charge in [-0.15, -0.1) is 0 Å². The van der Waals surface area contributed by atoms with Gasteiger partial charge in [-0.3, -0.25) is 13.9 Å². The Balaban J connectivity index is 2.05. The summed E-state index contributed by atoms with van der Waals surface area (Å²) < 4.78 is 33.8. The maximum Gasteiger partial charge on any atom is 0.264 e. The van der Waals surface area contributed by atoms with Crippen LogP contribution in [0.2, 0.25) is 10.0 Å². The Kier molecular flexibility index (Phi) is 10.6. The molecule has 0 aliphatic heterocycles. The summed E-state index contributed by atoms with van der Waals surface area (Å²) in [5, 5.41) is 3.52. The number of methoxy groups -OCH3 is 1. The SMILES string of the molecule is CCNC(=O)[C@@H](CC)N(Cc1ccc(Cl)cc1Cl)C(=O)CN(c1ccccc1)S(=O)(=O)c1ccc(OC)cc1. The Morgan fingerprint density at radius 1 is 0.974 bits per heavy atom. The van der Waals surface area contributed by atoms with Crippen LogP contribution in [0.5, 0.6) is 5.75 Å². The molecule has 0 aliphatic rings. The second-order valence-corrected chi connectivity index (χ2v) is 11.3. The highest BCUT2D eigenvalue weighted by atomic mass is 35.5. The molecule has 1 N–H and O–H groups in total. The highest BCUT2D eigenvalue weighted by molar-refractivity contribution is 7.92. The summed E-state index contributed by atoms with van der Waals surface area (Å²) in [6.45, 7) is 3.38. The molecule has 0 fully saturated rings. The van der Waals surface area contributed by atoms with Crippen molar-refractivity contribution >= 4 is 50.7 Å². The van der Waals surface area contributed by atoms with Crippen LogP contribution in [0.4, 0.5) is 5.69 Å². The van der Waals surface area contributed by atoms with Crippen molar-refractivity contribution < 1.29 is 22.7 Å². The molecule has 1 atom stereocenters. The standard InChI is InChI=1S/C28H31Cl2N3O5S/c1-4-26(28(35)31-5-2)32(18-20-11-12-21(29)17-25(20)30)27(34)19-33(22-9-7-6-8-10-22)39(36,37)24-15-13-23(38-3)14-16-24/h6-17,26H,4-5,18-19H2,1-3H3,(H,31,35)/t26-/m1/s1. The van der Waals surface area contributed by atoms with E-state index in [0.717, 1.165) is 4.31 Å². The summed E-state index contributed by atoms with van der Waals surface area (Å²) in [6.07, 6.45) is 0.305. The fraction of sp³-hybridized carbons (Fsp3) is 0.286. The van der Waals surface area contributed by atoms with Gasteiger partial charge >= 0.3 is 0 Å². The first-order valence-corrected chi connectivity index (χ1v) is 14.5. The van der Waals surface area contributed by atoms with Crippen LogP contribution in [-0.4, -0.2) is 51.4 Å². The number of anilines is 1. The summed E-state index contributed by atoms with van der Waals surface area (Å²) in [7, 11) is -2.69. The van der Waals surface area contributed by atoms with E-state index < -0.39 is 28.5 Å². The minimum Gasteiger partial charge on any atom is -0.497 e. The third-order valence-corrected chi connectivity index (χ3v) is 8.44. The van der Waals surface area contributed by atoms with Crippen LogP contribution in [0.15, 0.2) is 77.7 Å². The average molecular weight is 593 g/mol. The number of para-hydroxylation sites is 1. The molecule has 0 saturated heterocycles. The molecule has 0 bridgehead atoms. The highest BCUT2D eigenvalue weighted by Crippen LogP contribution is 2.27. The van der Waals surface area contributed by atoms with Crippen LogP contribution < -0.4 is 14.4 Å². The number of halogens is 2. The maximum atomic E-state index is 13.9. The molecule has 8 nitrogen and oxygen atoms in total. The first-order chi connectivity index (χ1) is 18.6. The minimum absolute atomic E-state index is 0.0111. The first-order valence-electron chi connectivity index (χ1n) is 12.3. The van der Waals surface area contributed by atoms with E-state index in [1.165, 1.54) is 36.3 Å². The van der Waals surface area contributed by atoms with Gasteiger partial charge in [0.1, 0.15) is 18.3 Å². The van der Waals surface area contributed by atoms with Crippen molar-refractivity contribution in [3.05, 3.63) is 88.4 Å². The monoisotopic (exact) mass is 591 g/mol. The van der Waals surface area contributed by atoms with Crippen molar-refractivity contribution in [2.45, 2.75) is 37.8 Å².